The maximum absolute atomic E-state index is 5.57. The molecule has 4 rings (SSSR count). The summed E-state index contributed by atoms with van der Waals surface area (Å²) in [6, 6.07) is 14.8. The molecule has 2 aromatic carbocycles. The Bertz CT molecular complexity index is 939. The quantitative estimate of drug-likeness (QED) is 0.212. The van der Waals surface area contributed by atoms with Gasteiger partial charge in [-0.25, -0.2) is 4.98 Å². The highest BCUT2D eigenvalue weighted by atomic mass is 127. The molecule has 0 aliphatic carbocycles. The van der Waals surface area contributed by atoms with Crippen molar-refractivity contribution >= 4 is 51.5 Å². The first-order valence-corrected chi connectivity index (χ1v) is 10.7. The van der Waals surface area contributed by atoms with Crippen LogP contribution in [0, 0.1) is 0 Å². The number of benzene rings is 2. The van der Waals surface area contributed by atoms with Crippen molar-refractivity contribution in [2.45, 2.75) is 25.7 Å². The number of nitrogens with one attached hydrogen (secondary N) is 2. The zero-order valence-electron chi connectivity index (χ0n) is 16.6. The molecular formula is C22H27IN4OS. The van der Waals surface area contributed by atoms with Gasteiger partial charge < -0.3 is 15.4 Å². The Labute approximate surface area is 193 Å². The molecule has 3 aromatic rings. The molecule has 29 heavy (non-hydrogen) atoms. The molecule has 2 N–H and O–H groups in total. The van der Waals surface area contributed by atoms with Crippen molar-refractivity contribution in [3.05, 3.63) is 58.6 Å². The first-order chi connectivity index (χ1) is 13.8. The molecule has 0 saturated carbocycles. The number of thiazole rings is 1. The number of para-hydroxylation sites is 1. The van der Waals surface area contributed by atoms with Gasteiger partial charge in [0.1, 0.15) is 5.75 Å². The van der Waals surface area contributed by atoms with Gasteiger partial charge in [-0.05, 0) is 42.2 Å². The number of aliphatic imine (C=N–C) groups is 1. The Balaban J connectivity index is 0.00000240. The van der Waals surface area contributed by atoms with Gasteiger partial charge in [-0.1, -0.05) is 24.3 Å². The minimum absolute atomic E-state index is 0. The zero-order chi connectivity index (χ0) is 19.2. The first kappa shape index (κ1) is 21.8. The van der Waals surface area contributed by atoms with Crippen LogP contribution in [0.3, 0.4) is 0 Å². The molecule has 2 heterocycles. The molecule has 0 bridgehead atoms. The fourth-order valence-electron chi connectivity index (χ4n) is 3.41. The second-order valence-corrected chi connectivity index (χ2v) is 8.01. The Morgan fingerprint density at radius 3 is 2.86 bits per heavy atom. The molecule has 0 fully saturated rings. The van der Waals surface area contributed by atoms with E-state index in [1.54, 1.807) is 11.3 Å². The van der Waals surface area contributed by atoms with Gasteiger partial charge in [-0.3, -0.25) is 4.99 Å². The predicted octanol–water partition coefficient (Wildman–Crippen LogP) is 4.19. The van der Waals surface area contributed by atoms with E-state index < -0.39 is 0 Å². The standard InChI is InChI=1S/C22H26N4OS.HI/c1-23-22(25-13-10-16-8-9-19-17(15-16)11-14-27-19)24-12-4-7-21-26-18-5-2-3-6-20(18)28-21;/h2-3,5-6,8-9,15H,4,7,10-14H2,1H3,(H2,23,24,25);1H. The molecule has 0 spiro atoms. The SMILES string of the molecule is CN=C(NCCCc1nc2ccccc2s1)NCCc1ccc2c(c1)CCO2.I. The van der Waals surface area contributed by atoms with Crippen molar-refractivity contribution in [3.8, 4) is 5.75 Å². The van der Waals surface area contributed by atoms with Crippen LogP contribution in [0.4, 0.5) is 0 Å². The molecule has 0 amide bonds. The van der Waals surface area contributed by atoms with Gasteiger partial charge in [0.15, 0.2) is 5.96 Å². The summed E-state index contributed by atoms with van der Waals surface area (Å²) >= 11 is 1.79. The van der Waals surface area contributed by atoms with Gasteiger partial charge in [0.2, 0.25) is 0 Å². The number of rotatable bonds is 7. The van der Waals surface area contributed by atoms with Crippen LogP contribution in [0.15, 0.2) is 47.5 Å². The normalized spacial score (nSPS) is 12.9. The van der Waals surface area contributed by atoms with Crippen LogP contribution < -0.4 is 15.4 Å². The van der Waals surface area contributed by atoms with Crippen LogP contribution in [0.2, 0.25) is 0 Å². The molecule has 1 aliphatic rings. The highest BCUT2D eigenvalue weighted by Gasteiger charge is 2.11. The molecule has 0 unspecified atom stereocenters. The molecular weight excluding hydrogens is 495 g/mol. The second-order valence-electron chi connectivity index (χ2n) is 6.90. The minimum atomic E-state index is 0. The smallest absolute Gasteiger partial charge is 0.190 e. The van der Waals surface area contributed by atoms with E-state index in [1.807, 2.05) is 13.1 Å². The van der Waals surface area contributed by atoms with Gasteiger partial charge in [0, 0.05) is 33.0 Å². The van der Waals surface area contributed by atoms with Gasteiger partial charge in [-0.15, -0.1) is 35.3 Å². The fraction of sp³-hybridized carbons (Fsp3) is 0.364. The Morgan fingerprint density at radius 1 is 1.14 bits per heavy atom. The second kappa shape index (κ2) is 10.8. The number of nitrogens with zero attached hydrogens (tertiary/aromatic N) is 2. The van der Waals surface area contributed by atoms with E-state index in [-0.39, 0.29) is 24.0 Å². The van der Waals surface area contributed by atoms with Crippen LogP contribution in [-0.4, -0.2) is 37.7 Å². The molecule has 0 radical (unpaired) electrons. The summed E-state index contributed by atoms with van der Waals surface area (Å²) in [6.07, 6.45) is 4.01. The van der Waals surface area contributed by atoms with Crippen molar-refractivity contribution in [2.24, 2.45) is 4.99 Å². The van der Waals surface area contributed by atoms with Gasteiger partial charge in [0.05, 0.1) is 21.8 Å². The molecule has 1 aliphatic heterocycles. The Hall–Kier alpha value is -1.87. The number of guanidine groups is 1. The number of halogens is 1. The van der Waals surface area contributed by atoms with Crippen LogP contribution >= 0.6 is 35.3 Å². The number of aromatic nitrogens is 1. The molecule has 0 saturated heterocycles. The third kappa shape index (κ3) is 5.82. The van der Waals surface area contributed by atoms with Gasteiger partial charge in [-0.2, -0.15) is 0 Å². The molecule has 0 atom stereocenters. The molecule has 5 nitrogen and oxygen atoms in total. The number of hydrogen-bond acceptors (Lipinski definition) is 4. The zero-order valence-corrected chi connectivity index (χ0v) is 19.8. The maximum Gasteiger partial charge on any atom is 0.190 e. The average molecular weight is 522 g/mol. The highest BCUT2D eigenvalue weighted by Crippen LogP contribution is 2.26. The van der Waals surface area contributed by atoms with Gasteiger partial charge in [0.25, 0.3) is 0 Å². The topological polar surface area (TPSA) is 58.5 Å². The van der Waals surface area contributed by atoms with E-state index >= 15 is 0 Å². The van der Waals surface area contributed by atoms with Gasteiger partial charge >= 0.3 is 0 Å². The maximum atomic E-state index is 5.57. The number of aryl methyl sites for hydroxylation is 1. The van der Waals surface area contributed by atoms with E-state index in [9.17, 15) is 0 Å². The fourth-order valence-corrected chi connectivity index (χ4v) is 4.42. The van der Waals surface area contributed by atoms with E-state index in [0.29, 0.717) is 0 Å². The van der Waals surface area contributed by atoms with E-state index in [1.165, 1.54) is 20.8 Å². The summed E-state index contributed by atoms with van der Waals surface area (Å²) in [5.41, 5.74) is 3.77. The van der Waals surface area contributed by atoms with Crippen LogP contribution in [0.5, 0.6) is 5.75 Å². The monoisotopic (exact) mass is 522 g/mol. The van der Waals surface area contributed by atoms with E-state index in [4.69, 9.17) is 9.72 Å². The highest BCUT2D eigenvalue weighted by molar-refractivity contribution is 14.0. The summed E-state index contributed by atoms with van der Waals surface area (Å²) in [4.78, 5) is 9.01. The lowest BCUT2D eigenvalue weighted by Crippen LogP contribution is -2.38. The largest absolute Gasteiger partial charge is 0.493 e. The third-order valence-electron chi connectivity index (χ3n) is 4.88. The van der Waals surface area contributed by atoms with Crippen LogP contribution in [0.1, 0.15) is 22.6 Å². The van der Waals surface area contributed by atoms with Crippen molar-refractivity contribution < 1.29 is 4.74 Å². The molecule has 7 heteroatoms. The number of fused-ring (bicyclic) bond motifs is 2. The van der Waals surface area contributed by atoms with Crippen LogP contribution in [-0.2, 0) is 19.3 Å². The average Bonchev–Trinajstić information content (AvgIpc) is 3.35. The lowest BCUT2D eigenvalue weighted by molar-refractivity contribution is 0.357. The minimum Gasteiger partial charge on any atom is -0.493 e. The number of ether oxygens (including phenoxy) is 1. The summed E-state index contributed by atoms with van der Waals surface area (Å²) < 4.78 is 6.83. The van der Waals surface area contributed by atoms with E-state index in [2.05, 4.69) is 52.0 Å². The first-order valence-electron chi connectivity index (χ1n) is 9.85. The van der Waals surface area contributed by atoms with Crippen molar-refractivity contribution in [3.63, 3.8) is 0 Å². The van der Waals surface area contributed by atoms with Crippen LogP contribution in [0.25, 0.3) is 10.2 Å². The van der Waals surface area contributed by atoms with E-state index in [0.717, 1.165) is 62.6 Å². The number of hydrogen-bond donors (Lipinski definition) is 2. The van der Waals surface area contributed by atoms with Crippen molar-refractivity contribution in [2.75, 3.05) is 26.7 Å². The molecule has 1 aromatic heterocycles. The molecule has 154 valence electrons. The lowest BCUT2D eigenvalue weighted by Gasteiger charge is -2.12. The summed E-state index contributed by atoms with van der Waals surface area (Å²) in [6.45, 7) is 2.55. The third-order valence-corrected chi connectivity index (χ3v) is 5.98. The summed E-state index contributed by atoms with van der Waals surface area (Å²) in [5.74, 6) is 1.90. The Kier molecular flexibility index (Phi) is 8.11. The Morgan fingerprint density at radius 2 is 2.00 bits per heavy atom. The van der Waals surface area contributed by atoms with Crippen molar-refractivity contribution in [1.29, 1.82) is 0 Å². The predicted molar refractivity (Wildman–Crippen MR) is 132 cm³/mol. The lowest BCUT2D eigenvalue weighted by atomic mass is 10.1. The summed E-state index contributed by atoms with van der Waals surface area (Å²) in [7, 11) is 1.82. The summed E-state index contributed by atoms with van der Waals surface area (Å²) in [5, 5.41) is 8.00. The van der Waals surface area contributed by atoms with Crippen molar-refractivity contribution in [1.82, 2.24) is 15.6 Å².